The lowest BCUT2D eigenvalue weighted by atomic mass is 9.79. The van der Waals surface area contributed by atoms with E-state index in [0.29, 0.717) is 12.5 Å². The fourth-order valence-electron chi connectivity index (χ4n) is 2.09. The Morgan fingerprint density at radius 1 is 1.16 bits per heavy atom. The van der Waals surface area contributed by atoms with Crippen LogP contribution >= 0.6 is 0 Å². The van der Waals surface area contributed by atoms with E-state index in [-0.39, 0.29) is 11.9 Å². The zero-order valence-corrected chi connectivity index (χ0v) is 13.4. The van der Waals surface area contributed by atoms with Crippen molar-refractivity contribution in [3.05, 3.63) is 0 Å². The zero-order valence-electron chi connectivity index (χ0n) is 13.4. The standard InChI is InChI=1S/C15H29NO3/c1-8-11(10(3)4)16-13(17)12(15(5,6)7)14(18)19-9-2/h10-12H,8-9H2,1-7H3,(H,16,17). The molecule has 0 aliphatic carbocycles. The molecular formula is C15H29NO3. The van der Waals surface area contributed by atoms with Crippen LogP contribution in [0.25, 0.3) is 0 Å². The maximum Gasteiger partial charge on any atom is 0.319 e. The van der Waals surface area contributed by atoms with Gasteiger partial charge in [-0.25, -0.2) is 0 Å². The number of ether oxygens (including phenoxy) is 1. The molecule has 0 fully saturated rings. The van der Waals surface area contributed by atoms with Crippen molar-refractivity contribution in [2.45, 2.75) is 60.9 Å². The van der Waals surface area contributed by atoms with Gasteiger partial charge in [0.05, 0.1) is 6.61 Å². The van der Waals surface area contributed by atoms with Crippen molar-refractivity contribution in [1.82, 2.24) is 5.32 Å². The van der Waals surface area contributed by atoms with Crippen LogP contribution < -0.4 is 5.32 Å². The quantitative estimate of drug-likeness (QED) is 0.597. The van der Waals surface area contributed by atoms with Crippen LogP contribution in [-0.2, 0) is 14.3 Å². The summed E-state index contributed by atoms with van der Waals surface area (Å²) < 4.78 is 5.03. The zero-order chi connectivity index (χ0) is 15.2. The Hall–Kier alpha value is -1.06. The molecule has 0 heterocycles. The molecule has 0 radical (unpaired) electrons. The van der Waals surface area contributed by atoms with Crippen LogP contribution in [0.15, 0.2) is 0 Å². The number of carbonyl (C=O) groups excluding carboxylic acids is 2. The summed E-state index contributed by atoms with van der Waals surface area (Å²) >= 11 is 0. The first-order valence-electron chi connectivity index (χ1n) is 7.12. The minimum atomic E-state index is -0.764. The Balaban J connectivity index is 4.97. The third-order valence-electron chi connectivity index (χ3n) is 3.22. The summed E-state index contributed by atoms with van der Waals surface area (Å²) in [5, 5.41) is 2.97. The highest BCUT2D eigenvalue weighted by Crippen LogP contribution is 2.27. The van der Waals surface area contributed by atoms with Gasteiger partial charge >= 0.3 is 5.97 Å². The predicted octanol–water partition coefficient (Wildman–Crippen LogP) is 2.76. The highest BCUT2D eigenvalue weighted by Gasteiger charge is 2.39. The highest BCUT2D eigenvalue weighted by atomic mass is 16.5. The van der Waals surface area contributed by atoms with Gasteiger partial charge in [-0.15, -0.1) is 0 Å². The van der Waals surface area contributed by atoms with Crippen molar-refractivity contribution in [3.63, 3.8) is 0 Å². The van der Waals surface area contributed by atoms with Crippen molar-refractivity contribution in [1.29, 1.82) is 0 Å². The molecule has 0 aromatic rings. The fraction of sp³-hybridized carbons (Fsp3) is 0.867. The van der Waals surface area contributed by atoms with E-state index in [1.54, 1.807) is 6.92 Å². The summed E-state index contributed by atoms with van der Waals surface area (Å²) in [5.74, 6) is -1.09. The Labute approximate surface area is 117 Å². The second-order valence-electron chi connectivity index (χ2n) is 6.32. The van der Waals surface area contributed by atoms with Crippen LogP contribution in [0.4, 0.5) is 0 Å². The maximum absolute atomic E-state index is 12.4. The Morgan fingerprint density at radius 2 is 1.68 bits per heavy atom. The number of rotatable bonds is 6. The van der Waals surface area contributed by atoms with E-state index in [4.69, 9.17) is 4.74 Å². The smallest absolute Gasteiger partial charge is 0.319 e. The third kappa shape index (κ3) is 5.62. The summed E-state index contributed by atoms with van der Waals surface area (Å²) in [7, 11) is 0. The third-order valence-corrected chi connectivity index (χ3v) is 3.22. The van der Waals surface area contributed by atoms with Crippen LogP contribution in [0.3, 0.4) is 0 Å². The van der Waals surface area contributed by atoms with Crippen molar-refractivity contribution in [3.8, 4) is 0 Å². The molecule has 112 valence electrons. The molecule has 0 rings (SSSR count). The van der Waals surface area contributed by atoms with Crippen LogP contribution in [0.5, 0.6) is 0 Å². The minimum Gasteiger partial charge on any atom is -0.465 e. The summed E-state index contributed by atoms with van der Waals surface area (Å²) in [6, 6.07) is 0.0896. The molecule has 0 aliphatic rings. The van der Waals surface area contributed by atoms with Crippen molar-refractivity contribution in [2.75, 3.05) is 6.61 Å². The van der Waals surface area contributed by atoms with Gasteiger partial charge < -0.3 is 10.1 Å². The first-order valence-corrected chi connectivity index (χ1v) is 7.12. The van der Waals surface area contributed by atoms with Crippen LogP contribution in [0, 0.1) is 17.3 Å². The summed E-state index contributed by atoms with van der Waals surface area (Å²) in [6.45, 7) is 13.8. The number of nitrogens with one attached hydrogen (secondary N) is 1. The van der Waals surface area contributed by atoms with Gasteiger partial charge in [0.15, 0.2) is 0 Å². The van der Waals surface area contributed by atoms with Gasteiger partial charge in [-0.2, -0.15) is 0 Å². The second kappa shape index (κ2) is 7.51. The van der Waals surface area contributed by atoms with Gasteiger partial charge in [-0.05, 0) is 24.7 Å². The molecule has 0 spiro atoms. The molecule has 0 aliphatic heterocycles. The second-order valence-corrected chi connectivity index (χ2v) is 6.32. The molecule has 19 heavy (non-hydrogen) atoms. The SMILES string of the molecule is CCOC(=O)C(C(=O)NC(CC)C(C)C)C(C)(C)C. The van der Waals surface area contributed by atoms with E-state index in [1.807, 2.05) is 27.7 Å². The predicted molar refractivity (Wildman–Crippen MR) is 76.6 cm³/mol. The molecule has 1 N–H and O–H groups in total. The highest BCUT2D eigenvalue weighted by molar-refractivity contribution is 5.98. The largest absolute Gasteiger partial charge is 0.465 e. The van der Waals surface area contributed by atoms with E-state index in [1.165, 1.54) is 0 Å². The number of carbonyl (C=O) groups is 2. The first kappa shape index (κ1) is 17.9. The van der Waals surface area contributed by atoms with Gasteiger partial charge in [-0.3, -0.25) is 9.59 Å². The maximum atomic E-state index is 12.4. The molecule has 2 unspecified atom stereocenters. The molecule has 1 amide bonds. The lowest BCUT2D eigenvalue weighted by molar-refractivity contribution is -0.157. The average Bonchev–Trinajstić information content (AvgIpc) is 2.23. The summed E-state index contributed by atoms with van der Waals surface area (Å²) in [6.07, 6.45) is 0.850. The molecule has 2 atom stereocenters. The molecular weight excluding hydrogens is 242 g/mol. The molecule has 0 bridgehead atoms. The Bertz CT molecular complexity index is 305. The Morgan fingerprint density at radius 3 is 2.00 bits per heavy atom. The van der Waals surface area contributed by atoms with Crippen LogP contribution in [0.1, 0.15) is 54.9 Å². The Kier molecular flexibility index (Phi) is 7.09. The molecule has 0 aromatic carbocycles. The molecule has 0 saturated carbocycles. The van der Waals surface area contributed by atoms with E-state index in [2.05, 4.69) is 19.2 Å². The normalized spacial score (nSPS) is 14.9. The van der Waals surface area contributed by atoms with E-state index in [0.717, 1.165) is 6.42 Å². The minimum absolute atomic E-state index is 0.0896. The van der Waals surface area contributed by atoms with Gasteiger partial charge in [0.1, 0.15) is 5.92 Å². The fourth-order valence-corrected chi connectivity index (χ4v) is 2.09. The molecule has 4 heteroatoms. The first-order chi connectivity index (χ1) is 8.65. The van der Waals surface area contributed by atoms with E-state index in [9.17, 15) is 9.59 Å². The van der Waals surface area contributed by atoms with E-state index >= 15 is 0 Å². The molecule has 4 nitrogen and oxygen atoms in total. The van der Waals surface area contributed by atoms with Gasteiger partial charge in [0, 0.05) is 6.04 Å². The number of esters is 1. The van der Waals surface area contributed by atoms with Gasteiger partial charge in [-0.1, -0.05) is 41.5 Å². The van der Waals surface area contributed by atoms with Crippen molar-refractivity contribution < 1.29 is 14.3 Å². The number of hydrogen-bond acceptors (Lipinski definition) is 3. The summed E-state index contributed by atoms with van der Waals surface area (Å²) in [4.78, 5) is 24.4. The topological polar surface area (TPSA) is 55.4 Å². The monoisotopic (exact) mass is 271 g/mol. The van der Waals surface area contributed by atoms with Gasteiger partial charge in [0.2, 0.25) is 5.91 Å². The number of hydrogen-bond donors (Lipinski definition) is 1. The van der Waals surface area contributed by atoms with Crippen molar-refractivity contribution in [2.24, 2.45) is 17.3 Å². The van der Waals surface area contributed by atoms with Crippen LogP contribution in [-0.4, -0.2) is 24.5 Å². The average molecular weight is 271 g/mol. The lowest BCUT2D eigenvalue weighted by Gasteiger charge is -2.30. The summed E-state index contributed by atoms with van der Waals surface area (Å²) in [5.41, 5.74) is -0.453. The number of amides is 1. The molecule has 0 aromatic heterocycles. The lowest BCUT2D eigenvalue weighted by Crippen LogP contribution is -2.48. The van der Waals surface area contributed by atoms with Gasteiger partial charge in [0.25, 0.3) is 0 Å². The van der Waals surface area contributed by atoms with Crippen molar-refractivity contribution >= 4 is 11.9 Å². The van der Waals surface area contributed by atoms with Crippen LogP contribution in [0.2, 0.25) is 0 Å². The van der Waals surface area contributed by atoms with E-state index < -0.39 is 17.3 Å². The molecule has 0 saturated heterocycles.